The fourth-order valence-electron chi connectivity index (χ4n) is 4.10. The molecular formula is C22H21Cl2N3O3. The van der Waals surface area contributed by atoms with Gasteiger partial charge in [0.2, 0.25) is 0 Å². The SMILES string of the molecule is O[C@H]1[C@H](NCc2ccc(Cl)c(Cl)c2)[C@H]2CO[C@H](O2)[C@@H]1n1cc(-c2ccccc2)cn1. The van der Waals surface area contributed by atoms with E-state index >= 15 is 0 Å². The van der Waals surface area contributed by atoms with Gasteiger partial charge in [-0.2, -0.15) is 5.10 Å². The number of nitrogens with zero attached hydrogens (tertiary/aromatic N) is 2. The molecule has 5 rings (SSSR count). The second-order valence-electron chi connectivity index (χ2n) is 7.59. The van der Waals surface area contributed by atoms with Crippen LogP contribution in [-0.4, -0.2) is 46.0 Å². The summed E-state index contributed by atoms with van der Waals surface area (Å²) in [4.78, 5) is 0. The largest absolute Gasteiger partial charge is 0.389 e. The Labute approximate surface area is 184 Å². The van der Waals surface area contributed by atoms with E-state index in [0.29, 0.717) is 23.2 Å². The van der Waals surface area contributed by atoms with Crippen LogP contribution in [0.1, 0.15) is 11.6 Å². The predicted octanol–water partition coefficient (Wildman–Crippen LogP) is 3.67. The van der Waals surface area contributed by atoms with Gasteiger partial charge in [0.25, 0.3) is 0 Å². The molecule has 2 bridgehead atoms. The van der Waals surface area contributed by atoms with Crippen LogP contribution in [0, 0.1) is 0 Å². The Morgan fingerprint density at radius 1 is 1.10 bits per heavy atom. The molecule has 0 aliphatic carbocycles. The van der Waals surface area contributed by atoms with Gasteiger partial charge in [0.1, 0.15) is 12.1 Å². The lowest BCUT2D eigenvalue weighted by Gasteiger charge is -2.38. The summed E-state index contributed by atoms with van der Waals surface area (Å²) < 4.78 is 13.6. The minimum Gasteiger partial charge on any atom is -0.389 e. The summed E-state index contributed by atoms with van der Waals surface area (Å²) in [5.41, 5.74) is 3.01. The zero-order valence-corrected chi connectivity index (χ0v) is 17.5. The van der Waals surface area contributed by atoms with Gasteiger partial charge >= 0.3 is 0 Å². The van der Waals surface area contributed by atoms with Crippen LogP contribution in [-0.2, 0) is 16.0 Å². The Bertz CT molecular complexity index is 1030. The monoisotopic (exact) mass is 445 g/mol. The van der Waals surface area contributed by atoms with Gasteiger partial charge in [0, 0.05) is 18.3 Å². The summed E-state index contributed by atoms with van der Waals surface area (Å²) in [6.07, 6.45) is 2.22. The van der Waals surface area contributed by atoms with Crippen LogP contribution in [0.15, 0.2) is 60.9 Å². The molecule has 2 aromatic carbocycles. The first-order valence-corrected chi connectivity index (χ1v) is 10.6. The molecule has 2 N–H and O–H groups in total. The zero-order chi connectivity index (χ0) is 20.7. The van der Waals surface area contributed by atoms with E-state index in [1.165, 1.54) is 0 Å². The maximum atomic E-state index is 11.2. The third-order valence-electron chi connectivity index (χ3n) is 5.67. The summed E-state index contributed by atoms with van der Waals surface area (Å²) >= 11 is 12.1. The predicted molar refractivity (Wildman–Crippen MR) is 114 cm³/mol. The topological polar surface area (TPSA) is 68.5 Å². The first-order valence-electron chi connectivity index (χ1n) is 9.82. The summed E-state index contributed by atoms with van der Waals surface area (Å²) in [6, 6.07) is 14.7. The number of rotatable bonds is 5. The molecule has 0 amide bonds. The molecule has 30 heavy (non-hydrogen) atoms. The van der Waals surface area contributed by atoms with Crippen molar-refractivity contribution < 1.29 is 14.6 Å². The second-order valence-corrected chi connectivity index (χ2v) is 8.40. The Kier molecular flexibility index (Phi) is 5.54. The number of aliphatic hydroxyl groups is 1. The molecule has 0 unspecified atom stereocenters. The zero-order valence-electron chi connectivity index (χ0n) is 16.0. The number of aromatic nitrogens is 2. The van der Waals surface area contributed by atoms with Crippen LogP contribution in [0.25, 0.3) is 11.1 Å². The number of aliphatic hydroxyl groups excluding tert-OH is 1. The fraction of sp³-hybridized carbons (Fsp3) is 0.318. The Morgan fingerprint density at radius 3 is 2.73 bits per heavy atom. The van der Waals surface area contributed by atoms with Crippen molar-refractivity contribution in [1.82, 2.24) is 15.1 Å². The number of nitrogens with one attached hydrogen (secondary N) is 1. The maximum Gasteiger partial charge on any atom is 0.183 e. The van der Waals surface area contributed by atoms with Gasteiger partial charge in [0.05, 0.1) is 35.0 Å². The van der Waals surface area contributed by atoms with Gasteiger partial charge in [-0.25, -0.2) is 0 Å². The van der Waals surface area contributed by atoms with Gasteiger partial charge < -0.3 is 19.9 Å². The van der Waals surface area contributed by atoms with Crippen molar-refractivity contribution in [2.24, 2.45) is 0 Å². The van der Waals surface area contributed by atoms with Crippen LogP contribution >= 0.6 is 23.2 Å². The lowest BCUT2D eigenvalue weighted by atomic mass is 9.95. The normalized spacial score (nSPS) is 28.0. The van der Waals surface area contributed by atoms with Crippen LogP contribution in [0.3, 0.4) is 0 Å². The molecule has 8 heteroatoms. The standard InChI is InChI=1S/C22H21Cl2N3O3/c23-16-7-6-13(8-17(16)24)9-25-19-18-12-29-22(30-18)20(21(19)28)27-11-15(10-26-27)14-4-2-1-3-5-14/h1-8,10-11,18-22,25,28H,9,12H2/t18-,19-,20-,21+,22-/m1/s1. The molecule has 2 fully saturated rings. The highest BCUT2D eigenvalue weighted by molar-refractivity contribution is 6.42. The minimum absolute atomic E-state index is 0.229. The smallest absolute Gasteiger partial charge is 0.183 e. The molecule has 3 heterocycles. The van der Waals surface area contributed by atoms with Gasteiger partial charge in [-0.3, -0.25) is 4.68 Å². The average molecular weight is 446 g/mol. The highest BCUT2D eigenvalue weighted by atomic mass is 35.5. The van der Waals surface area contributed by atoms with Crippen LogP contribution < -0.4 is 5.32 Å². The van der Waals surface area contributed by atoms with Crippen molar-refractivity contribution >= 4 is 23.2 Å². The molecule has 0 saturated carbocycles. The third kappa shape index (κ3) is 3.75. The molecule has 2 saturated heterocycles. The number of hydrogen-bond acceptors (Lipinski definition) is 5. The van der Waals surface area contributed by atoms with Gasteiger partial charge in [-0.1, -0.05) is 59.6 Å². The van der Waals surface area contributed by atoms with E-state index in [1.807, 2.05) is 48.7 Å². The fourth-order valence-corrected chi connectivity index (χ4v) is 4.42. The van der Waals surface area contributed by atoms with Crippen LogP contribution in [0.2, 0.25) is 10.0 Å². The van der Waals surface area contributed by atoms with Crippen molar-refractivity contribution in [2.75, 3.05) is 6.61 Å². The number of halogens is 2. The Balaban J connectivity index is 1.35. The Hall–Kier alpha value is -1.93. The third-order valence-corrected chi connectivity index (χ3v) is 6.41. The lowest BCUT2D eigenvalue weighted by molar-refractivity contribution is -0.168. The van der Waals surface area contributed by atoms with Gasteiger partial charge in [-0.05, 0) is 23.3 Å². The molecule has 156 valence electrons. The number of benzene rings is 2. The molecular weight excluding hydrogens is 425 g/mol. The van der Waals surface area contributed by atoms with E-state index in [-0.39, 0.29) is 12.1 Å². The molecule has 2 aliphatic heterocycles. The first-order chi connectivity index (χ1) is 14.6. The molecule has 0 radical (unpaired) electrons. The molecule has 5 atom stereocenters. The quantitative estimate of drug-likeness (QED) is 0.626. The second kappa shape index (κ2) is 8.30. The molecule has 2 aliphatic rings. The summed E-state index contributed by atoms with van der Waals surface area (Å²) in [6.45, 7) is 0.939. The maximum absolute atomic E-state index is 11.2. The van der Waals surface area contributed by atoms with E-state index in [0.717, 1.165) is 16.7 Å². The van der Waals surface area contributed by atoms with E-state index in [9.17, 15) is 5.11 Å². The summed E-state index contributed by atoms with van der Waals surface area (Å²) in [5.74, 6) is 0. The van der Waals surface area contributed by atoms with Crippen molar-refractivity contribution in [2.45, 2.75) is 37.1 Å². The lowest BCUT2D eigenvalue weighted by Crippen LogP contribution is -2.57. The number of hydrogen-bond donors (Lipinski definition) is 2. The molecule has 0 spiro atoms. The molecule has 6 nitrogen and oxygen atoms in total. The van der Waals surface area contributed by atoms with Crippen LogP contribution in [0.4, 0.5) is 0 Å². The van der Waals surface area contributed by atoms with Gasteiger partial charge in [-0.15, -0.1) is 0 Å². The summed E-state index contributed by atoms with van der Waals surface area (Å²) in [7, 11) is 0. The van der Waals surface area contributed by atoms with Crippen molar-refractivity contribution in [3.8, 4) is 11.1 Å². The van der Waals surface area contributed by atoms with Gasteiger partial charge in [0.15, 0.2) is 6.29 Å². The highest BCUT2D eigenvalue weighted by Gasteiger charge is 2.51. The Morgan fingerprint density at radius 2 is 1.93 bits per heavy atom. The molecule has 3 aromatic rings. The summed E-state index contributed by atoms with van der Waals surface area (Å²) in [5, 5.41) is 20.1. The van der Waals surface area contributed by atoms with Crippen molar-refractivity contribution in [3.05, 3.63) is 76.5 Å². The van der Waals surface area contributed by atoms with E-state index in [2.05, 4.69) is 10.4 Å². The van der Waals surface area contributed by atoms with Crippen LogP contribution in [0.5, 0.6) is 0 Å². The number of ether oxygens (including phenoxy) is 2. The van der Waals surface area contributed by atoms with E-state index in [1.54, 1.807) is 16.9 Å². The average Bonchev–Trinajstić information content (AvgIpc) is 3.40. The first kappa shape index (κ1) is 20.0. The van der Waals surface area contributed by atoms with Crippen molar-refractivity contribution in [3.63, 3.8) is 0 Å². The highest BCUT2D eigenvalue weighted by Crippen LogP contribution is 2.36. The molecule has 1 aromatic heterocycles. The number of fused-ring (bicyclic) bond motifs is 2. The van der Waals surface area contributed by atoms with E-state index < -0.39 is 18.4 Å². The van der Waals surface area contributed by atoms with E-state index in [4.69, 9.17) is 32.7 Å². The van der Waals surface area contributed by atoms with Crippen molar-refractivity contribution in [1.29, 1.82) is 0 Å². The minimum atomic E-state index is -0.734.